The highest BCUT2D eigenvalue weighted by atomic mass is 16.2. The lowest BCUT2D eigenvalue weighted by molar-refractivity contribution is 0.0517. The van der Waals surface area contributed by atoms with E-state index in [0.717, 1.165) is 44.1 Å². The van der Waals surface area contributed by atoms with Crippen molar-refractivity contribution in [2.45, 2.75) is 51.2 Å². The molecular formula is C27H35N5O. The van der Waals surface area contributed by atoms with Gasteiger partial charge in [0.25, 0.3) is 5.91 Å². The van der Waals surface area contributed by atoms with Gasteiger partial charge in [-0.05, 0) is 37.6 Å². The molecule has 0 N–H and O–H groups in total. The Bertz CT molecular complexity index is 1060. The van der Waals surface area contributed by atoms with Gasteiger partial charge < -0.3 is 9.30 Å². The molecule has 3 aromatic rings. The maximum atomic E-state index is 13.6. The molecule has 0 spiro atoms. The van der Waals surface area contributed by atoms with E-state index in [4.69, 9.17) is 4.98 Å². The van der Waals surface area contributed by atoms with E-state index in [9.17, 15) is 4.79 Å². The van der Waals surface area contributed by atoms with Gasteiger partial charge in [0.1, 0.15) is 5.65 Å². The first-order valence-corrected chi connectivity index (χ1v) is 12.4. The molecule has 1 aliphatic heterocycles. The molecule has 3 heterocycles. The zero-order valence-corrected chi connectivity index (χ0v) is 19.7. The smallest absolute Gasteiger partial charge is 0.274 e. The third kappa shape index (κ3) is 4.97. The standard InChI is InChI=1S/C27H35N5O/c1-29(20-22-10-4-2-5-11-22)21-24-26(28-25-14-8-9-15-32(24)25)27(33)31-18-16-30(17-19-31)23-12-6-3-7-13-23/h2,4-5,8-11,14-15,23H,3,6-7,12-13,16-21H2,1H3. The molecule has 1 aliphatic carbocycles. The molecule has 174 valence electrons. The summed E-state index contributed by atoms with van der Waals surface area (Å²) in [6, 6.07) is 17.2. The van der Waals surface area contributed by atoms with Gasteiger partial charge in [-0.25, -0.2) is 4.98 Å². The fraction of sp³-hybridized carbons (Fsp3) is 0.481. The lowest BCUT2D eigenvalue weighted by Gasteiger charge is -2.40. The van der Waals surface area contributed by atoms with Crippen molar-refractivity contribution in [2.24, 2.45) is 0 Å². The molecule has 2 aliphatic rings. The number of aromatic nitrogens is 2. The number of amides is 1. The molecule has 6 heteroatoms. The van der Waals surface area contributed by atoms with Gasteiger partial charge in [0.05, 0.1) is 5.69 Å². The Morgan fingerprint density at radius 3 is 2.42 bits per heavy atom. The molecule has 1 amide bonds. The molecular weight excluding hydrogens is 410 g/mol. The van der Waals surface area contributed by atoms with Crippen molar-refractivity contribution in [1.29, 1.82) is 0 Å². The Hall–Kier alpha value is -2.70. The predicted octanol–water partition coefficient (Wildman–Crippen LogP) is 4.06. The lowest BCUT2D eigenvalue weighted by atomic mass is 9.94. The highest BCUT2D eigenvalue weighted by Gasteiger charge is 2.30. The van der Waals surface area contributed by atoms with Crippen LogP contribution in [0.4, 0.5) is 0 Å². The van der Waals surface area contributed by atoms with Crippen LogP contribution in [0.2, 0.25) is 0 Å². The molecule has 0 unspecified atom stereocenters. The fourth-order valence-electron chi connectivity index (χ4n) is 5.46. The van der Waals surface area contributed by atoms with Crippen LogP contribution in [0.3, 0.4) is 0 Å². The third-order valence-corrected chi connectivity index (χ3v) is 7.24. The van der Waals surface area contributed by atoms with E-state index in [1.807, 2.05) is 35.4 Å². The van der Waals surface area contributed by atoms with Gasteiger partial charge in [0, 0.05) is 51.5 Å². The first-order chi connectivity index (χ1) is 16.2. The predicted molar refractivity (Wildman–Crippen MR) is 131 cm³/mol. The second-order valence-electron chi connectivity index (χ2n) is 9.61. The van der Waals surface area contributed by atoms with Gasteiger partial charge in [-0.1, -0.05) is 55.7 Å². The van der Waals surface area contributed by atoms with Crippen LogP contribution in [-0.2, 0) is 13.1 Å². The largest absolute Gasteiger partial charge is 0.335 e. The van der Waals surface area contributed by atoms with Crippen LogP contribution in [0.5, 0.6) is 0 Å². The zero-order chi connectivity index (χ0) is 22.6. The van der Waals surface area contributed by atoms with E-state index in [-0.39, 0.29) is 5.91 Å². The quantitative estimate of drug-likeness (QED) is 0.574. The van der Waals surface area contributed by atoms with Gasteiger partial charge in [-0.3, -0.25) is 14.6 Å². The molecule has 1 aromatic carbocycles. The summed E-state index contributed by atoms with van der Waals surface area (Å²) in [5.41, 5.74) is 3.68. The van der Waals surface area contributed by atoms with Crippen LogP contribution in [-0.4, -0.2) is 69.3 Å². The number of carbonyl (C=O) groups is 1. The van der Waals surface area contributed by atoms with Crippen molar-refractivity contribution < 1.29 is 4.79 Å². The summed E-state index contributed by atoms with van der Waals surface area (Å²) in [5, 5.41) is 0. The second-order valence-corrected chi connectivity index (χ2v) is 9.61. The number of hydrogen-bond donors (Lipinski definition) is 0. The van der Waals surface area contributed by atoms with E-state index in [1.165, 1.54) is 37.7 Å². The number of fused-ring (bicyclic) bond motifs is 1. The monoisotopic (exact) mass is 445 g/mol. The van der Waals surface area contributed by atoms with Gasteiger partial charge in [-0.2, -0.15) is 0 Å². The van der Waals surface area contributed by atoms with E-state index < -0.39 is 0 Å². The number of pyridine rings is 1. The molecule has 0 radical (unpaired) electrons. The topological polar surface area (TPSA) is 44.1 Å². The maximum Gasteiger partial charge on any atom is 0.274 e. The Balaban J connectivity index is 1.31. The van der Waals surface area contributed by atoms with Gasteiger partial charge in [0.15, 0.2) is 5.69 Å². The molecule has 33 heavy (non-hydrogen) atoms. The average molecular weight is 446 g/mol. The summed E-state index contributed by atoms with van der Waals surface area (Å²) in [6.45, 7) is 5.04. The van der Waals surface area contributed by atoms with Crippen molar-refractivity contribution >= 4 is 11.6 Å². The summed E-state index contributed by atoms with van der Waals surface area (Å²) >= 11 is 0. The summed E-state index contributed by atoms with van der Waals surface area (Å²) in [7, 11) is 2.10. The van der Waals surface area contributed by atoms with E-state index in [2.05, 4.69) is 45.5 Å². The minimum Gasteiger partial charge on any atom is -0.335 e. The highest BCUT2D eigenvalue weighted by Crippen LogP contribution is 2.24. The average Bonchev–Trinajstić information content (AvgIpc) is 3.23. The molecule has 1 saturated heterocycles. The van der Waals surface area contributed by atoms with Gasteiger partial charge in [0.2, 0.25) is 0 Å². The van der Waals surface area contributed by atoms with Crippen molar-refractivity contribution in [1.82, 2.24) is 24.1 Å². The summed E-state index contributed by atoms with van der Waals surface area (Å²) in [5.74, 6) is 0.0742. The van der Waals surface area contributed by atoms with Crippen molar-refractivity contribution in [2.75, 3.05) is 33.2 Å². The maximum absolute atomic E-state index is 13.6. The van der Waals surface area contributed by atoms with Crippen LogP contribution in [0.25, 0.3) is 5.65 Å². The lowest BCUT2D eigenvalue weighted by Crippen LogP contribution is -2.52. The highest BCUT2D eigenvalue weighted by molar-refractivity contribution is 5.94. The number of rotatable bonds is 6. The van der Waals surface area contributed by atoms with Crippen LogP contribution in [0, 0.1) is 0 Å². The molecule has 0 bridgehead atoms. The van der Waals surface area contributed by atoms with Crippen molar-refractivity contribution in [3.8, 4) is 0 Å². The van der Waals surface area contributed by atoms with Crippen LogP contribution in [0.15, 0.2) is 54.7 Å². The van der Waals surface area contributed by atoms with Crippen LogP contribution in [0.1, 0.15) is 53.8 Å². The molecule has 2 aromatic heterocycles. The summed E-state index contributed by atoms with van der Waals surface area (Å²) in [4.78, 5) is 25.3. The number of nitrogens with zero attached hydrogens (tertiary/aromatic N) is 5. The second kappa shape index (κ2) is 10.1. The molecule has 0 atom stereocenters. The number of piperazine rings is 1. The van der Waals surface area contributed by atoms with Crippen molar-refractivity contribution in [3.63, 3.8) is 0 Å². The molecule has 6 nitrogen and oxygen atoms in total. The van der Waals surface area contributed by atoms with Gasteiger partial charge in [-0.15, -0.1) is 0 Å². The van der Waals surface area contributed by atoms with Gasteiger partial charge >= 0.3 is 0 Å². The number of hydrogen-bond acceptors (Lipinski definition) is 4. The Morgan fingerprint density at radius 1 is 0.939 bits per heavy atom. The van der Waals surface area contributed by atoms with E-state index in [0.29, 0.717) is 18.3 Å². The SMILES string of the molecule is CN(Cc1ccccc1)Cc1c(C(=O)N2CCN(C3CCCCC3)CC2)nc2ccccn12. The minimum atomic E-state index is 0.0742. The molecule has 2 fully saturated rings. The van der Waals surface area contributed by atoms with Crippen molar-refractivity contribution in [3.05, 3.63) is 71.7 Å². The number of benzene rings is 1. The summed E-state index contributed by atoms with van der Waals surface area (Å²) < 4.78 is 2.08. The first kappa shape index (κ1) is 22.1. The Labute approximate surface area is 196 Å². The number of imidazole rings is 1. The molecule has 1 saturated carbocycles. The van der Waals surface area contributed by atoms with Crippen LogP contribution >= 0.6 is 0 Å². The minimum absolute atomic E-state index is 0.0742. The zero-order valence-electron chi connectivity index (χ0n) is 19.7. The number of carbonyl (C=O) groups excluding carboxylic acids is 1. The third-order valence-electron chi connectivity index (χ3n) is 7.24. The first-order valence-electron chi connectivity index (χ1n) is 12.4. The fourth-order valence-corrected chi connectivity index (χ4v) is 5.46. The summed E-state index contributed by atoms with van der Waals surface area (Å²) in [6.07, 6.45) is 8.74. The van der Waals surface area contributed by atoms with E-state index in [1.54, 1.807) is 0 Å². The van der Waals surface area contributed by atoms with E-state index >= 15 is 0 Å². The normalized spacial score (nSPS) is 18.3. The Kier molecular flexibility index (Phi) is 6.74. The Morgan fingerprint density at radius 2 is 1.67 bits per heavy atom. The molecule has 5 rings (SSSR count). The van der Waals surface area contributed by atoms with Crippen LogP contribution < -0.4 is 0 Å².